The molecular formula is C14H22N4O. The van der Waals surface area contributed by atoms with Crippen molar-refractivity contribution in [1.82, 2.24) is 15.3 Å². The van der Waals surface area contributed by atoms with Crippen LogP contribution >= 0.6 is 0 Å². The summed E-state index contributed by atoms with van der Waals surface area (Å²) in [7, 11) is 0. The lowest BCUT2D eigenvalue weighted by Crippen LogP contribution is -2.33. The fraction of sp³-hybridized carbons (Fsp3) is 0.643. The molecular weight excluding hydrogens is 240 g/mol. The highest BCUT2D eigenvalue weighted by Gasteiger charge is 2.19. The van der Waals surface area contributed by atoms with Gasteiger partial charge in [-0.25, -0.2) is 9.97 Å². The van der Waals surface area contributed by atoms with Crippen LogP contribution in [0.2, 0.25) is 0 Å². The van der Waals surface area contributed by atoms with Crippen LogP contribution in [0.5, 0.6) is 0 Å². The Bertz CT molecular complexity index is 441. The smallest absolute Gasteiger partial charge is 0.270 e. The number of nitrogens with one attached hydrogen (secondary N) is 2. The zero-order valence-electron chi connectivity index (χ0n) is 11.7. The van der Waals surface area contributed by atoms with Gasteiger partial charge in [-0.1, -0.05) is 19.8 Å². The molecule has 0 bridgehead atoms. The van der Waals surface area contributed by atoms with Gasteiger partial charge < -0.3 is 10.6 Å². The van der Waals surface area contributed by atoms with Crippen LogP contribution in [0, 0.1) is 6.92 Å². The molecule has 1 aromatic rings. The highest BCUT2D eigenvalue weighted by atomic mass is 16.1. The van der Waals surface area contributed by atoms with Crippen LogP contribution in [0.15, 0.2) is 6.07 Å². The first-order chi connectivity index (χ1) is 9.19. The third kappa shape index (κ3) is 3.91. The average Bonchev–Trinajstić information content (AvgIpc) is 2.88. The second-order valence-corrected chi connectivity index (χ2v) is 5.10. The maximum absolute atomic E-state index is 12.1. The van der Waals surface area contributed by atoms with Crippen LogP contribution in [-0.4, -0.2) is 28.5 Å². The molecule has 0 spiro atoms. The van der Waals surface area contributed by atoms with Gasteiger partial charge in [-0.05, 0) is 32.3 Å². The molecule has 1 aliphatic rings. The zero-order chi connectivity index (χ0) is 13.7. The third-order valence-electron chi connectivity index (χ3n) is 3.31. The minimum Gasteiger partial charge on any atom is -0.354 e. The molecule has 1 saturated carbocycles. The minimum absolute atomic E-state index is 0.0862. The second kappa shape index (κ2) is 6.50. The van der Waals surface area contributed by atoms with Crippen molar-refractivity contribution in [3.63, 3.8) is 0 Å². The minimum atomic E-state index is -0.0862. The number of hydrogen-bond donors (Lipinski definition) is 2. The van der Waals surface area contributed by atoms with Crippen molar-refractivity contribution in [2.45, 2.75) is 52.0 Å². The number of anilines is 1. The second-order valence-electron chi connectivity index (χ2n) is 5.10. The summed E-state index contributed by atoms with van der Waals surface area (Å²) in [4.78, 5) is 20.7. The summed E-state index contributed by atoms with van der Waals surface area (Å²) in [5.74, 6) is 0.454. The first-order valence-corrected chi connectivity index (χ1v) is 7.09. The Balaban J connectivity index is 2.04. The lowest BCUT2D eigenvalue weighted by atomic mass is 10.2. The van der Waals surface area contributed by atoms with E-state index in [0.717, 1.165) is 31.5 Å². The fourth-order valence-electron chi connectivity index (χ4n) is 2.33. The number of rotatable bonds is 5. The van der Waals surface area contributed by atoms with Crippen LogP contribution in [0.3, 0.4) is 0 Å². The van der Waals surface area contributed by atoms with Gasteiger partial charge in [-0.2, -0.15) is 0 Å². The molecule has 0 unspecified atom stereocenters. The van der Waals surface area contributed by atoms with Crippen LogP contribution in [0.25, 0.3) is 0 Å². The van der Waals surface area contributed by atoms with Gasteiger partial charge in [0.1, 0.15) is 5.69 Å². The predicted molar refractivity (Wildman–Crippen MR) is 75.3 cm³/mol. The lowest BCUT2D eigenvalue weighted by molar-refractivity contribution is 0.0932. The molecule has 0 atom stereocenters. The van der Waals surface area contributed by atoms with Gasteiger partial charge >= 0.3 is 0 Å². The molecule has 5 nitrogen and oxygen atoms in total. The summed E-state index contributed by atoms with van der Waals surface area (Å²) in [6.45, 7) is 4.77. The molecule has 0 radical (unpaired) electrons. The van der Waals surface area contributed by atoms with Gasteiger partial charge in [0.15, 0.2) is 0 Å². The maximum Gasteiger partial charge on any atom is 0.270 e. The van der Waals surface area contributed by atoms with E-state index in [1.54, 1.807) is 6.07 Å². The van der Waals surface area contributed by atoms with E-state index in [1.807, 2.05) is 6.92 Å². The van der Waals surface area contributed by atoms with Crippen molar-refractivity contribution in [1.29, 1.82) is 0 Å². The largest absolute Gasteiger partial charge is 0.354 e. The van der Waals surface area contributed by atoms with E-state index in [2.05, 4.69) is 27.5 Å². The molecule has 1 amide bonds. The van der Waals surface area contributed by atoms with E-state index in [0.29, 0.717) is 17.7 Å². The summed E-state index contributed by atoms with van der Waals surface area (Å²) in [6, 6.07) is 2.05. The first kappa shape index (κ1) is 13.8. The standard InChI is InChI=1S/C14H22N4O/c1-3-8-15-14-16-10(2)9-12(18-14)13(19)17-11-6-4-5-7-11/h9,11H,3-8H2,1-2H3,(H,17,19)(H,15,16,18). The molecule has 104 valence electrons. The number of aryl methyl sites for hydroxylation is 1. The molecule has 5 heteroatoms. The first-order valence-electron chi connectivity index (χ1n) is 7.09. The Kier molecular flexibility index (Phi) is 4.71. The predicted octanol–water partition coefficient (Wildman–Crippen LogP) is 2.28. The van der Waals surface area contributed by atoms with Crippen LogP contribution < -0.4 is 10.6 Å². The van der Waals surface area contributed by atoms with E-state index in [1.165, 1.54) is 12.8 Å². The fourth-order valence-corrected chi connectivity index (χ4v) is 2.33. The summed E-state index contributed by atoms with van der Waals surface area (Å²) in [5.41, 5.74) is 1.27. The monoisotopic (exact) mass is 262 g/mol. The van der Waals surface area contributed by atoms with Crippen molar-refractivity contribution < 1.29 is 4.79 Å². The Labute approximate surface area is 114 Å². The number of carbonyl (C=O) groups excluding carboxylic acids is 1. The van der Waals surface area contributed by atoms with Gasteiger partial charge in [-0.15, -0.1) is 0 Å². The van der Waals surface area contributed by atoms with E-state index in [4.69, 9.17) is 0 Å². The Morgan fingerprint density at radius 1 is 1.37 bits per heavy atom. The normalized spacial score (nSPS) is 15.5. The molecule has 0 aromatic carbocycles. The molecule has 2 N–H and O–H groups in total. The Morgan fingerprint density at radius 2 is 2.11 bits per heavy atom. The number of hydrogen-bond acceptors (Lipinski definition) is 4. The van der Waals surface area contributed by atoms with Crippen LogP contribution in [0.4, 0.5) is 5.95 Å². The van der Waals surface area contributed by atoms with E-state index >= 15 is 0 Å². The van der Waals surface area contributed by atoms with Crippen LogP contribution in [-0.2, 0) is 0 Å². The number of amides is 1. The van der Waals surface area contributed by atoms with E-state index in [-0.39, 0.29) is 5.91 Å². The Hall–Kier alpha value is -1.65. The number of nitrogens with zero attached hydrogens (tertiary/aromatic N) is 2. The summed E-state index contributed by atoms with van der Waals surface area (Å²) >= 11 is 0. The summed E-state index contributed by atoms with van der Waals surface area (Å²) in [5, 5.41) is 6.17. The highest BCUT2D eigenvalue weighted by molar-refractivity contribution is 5.92. The van der Waals surface area contributed by atoms with Gasteiger partial charge in [0.05, 0.1) is 0 Å². The third-order valence-corrected chi connectivity index (χ3v) is 3.31. The number of carbonyl (C=O) groups is 1. The molecule has 1 aliphatic carbocycles. The number of aromatic nitrogens is 2. The van der Waals surface area contributed by atoms with Crippen molar-refractivity contribution in [2.24, 2.45) is 0 Å². The average molecular weight is 262 g/mol. The van der Waals surface area contributed by atoms with Gasteiger partial charge in [0, 0.05) is 18.3 Å². The van der Waals surface area contributed by atoms with Crippen LogP contribution in [0.1, 0.15) is 55.2 Å². The quantitative estimate of drug-likeness (QED) is 0.854. The molecule has 2 rings (SSSR count). The molecule has 19 heavy (non-hydrogen) atoms. The van der Waals surface area contributed by atoms with E-state index in [9.17, 15) is 4.79 Å². The Morgan fingerprint density at radius 3 is 2.79 bits per heavy atom. The molecule has 1 heterocycles. The summed E-state index contributed by atoms with van der Waals surface area (Å²) in [6.07, 6.45) is 5.57. The van der Waals surface area contributed by atoms with Gasteiger partial charge in [0.25, 0.3) is 5.91 Å². The van der Waals surface area contributed by atoms with Crippen molar-refractivity contribution in [3.8, 4) is 0 Å². The zero-order valence-corrected chi connectivity index (χ0v) is 11.7. The molecule has 1 fully saturated rings. The molecule has 0 saturated heterocycles. The highest BCUT2D eigenvalue weighted by Crippen LogP contribution is 2.18. The van der Waals surface area contributed by atoms with E-state index < -0.39 is 0 Å². The van der Waals surface area contributed by atoms with Crippen molar-refractivity contribution >= 4 is 11.9 Å². The topological polar surface area (TPSA) is 66.9 Å². The molecule has 1 aromatic heterocycles. The summed E-state index contributed by atoms with van der Waals surface area (Å²) < 4.78 is 0. The van der Waals surface area contributed by atoms with Gasteiger partial charge in [0.2, 0.25) is 5.95 Å². The van der Waals surface area contributed by atoms with Gasteiger partial charge in [-0.3, -0.25) is 4.79 Å². The van der Waals surface area contributed by atoms with Crippen molar-refractivity contribution in [3.05, 3.63) is 17.5 Å². The molecule has 0 aliphatic heterocycles. The SMILES string of the molecule is CCCNc1nc(C)cc(C(=O)NC2CCCC2)n1. The maximum atomic E-state index is 12.1. The lowest BCUT2D eigenvalue weighted by Gasteiger charge is -2.12. The van der Waals surface area contributed by atoms with Crippen molar-refractivity contribution in [2.75, 3.05) is 11.9 Å².